The fraction of sp³-hybridized carbons (Fsp3) is 0.167. The first-order valence-electron chi connectivity index (χ1n) is 5.47. The summed E-state index contributed by atoms with van der Waals surface area (Å²) >= 11 is 0. The van der Waals surface area contributed by atoms with Gasteiger partial charge >= 0.3 is 6.36 Å². The van der Waals surface area contributed by atoms with Crippen LogP contribution in [0.1, 0.15) is 16.1 Å². The van der Waals surface area contributed by atoms with E-state index in [1.54, 1.807) is 6.07 Å². The van der Waals surface area contributed by atoms with Crippen LogP contribution in [-0.4, -0.2) is 17.4 Å². The van der Waals surface area contributed by atoms with Crippen LogP contribution in [-0.2, 0) is 6.54 Å². The number of hydrogen-bond acceptors (Lipinski definition) is 4. The van der Waals surface area contributed by atoms with Crippen LogP contribution in [0.2, 0.25) is 0 Å². The van der Waals surface area contributed by atoms with Gasteiger partial charge in [0, 0.05) is 11.6 Å². The number of carbonyl (C=O) groups is 1. The molecule has 0 fully saturated rings. The van der Waals surface area contributed by atoms with E-state index in [-0.39, 0.29) is 12.1 Å². The molecule has 1 aromatic carbocycles. The van der Waals surface area contributed by atoms with Crippen LogP contribution in [0.25, 0.3) is 0 Å². The van der Waals surface area contributed by atoms with E-state index in [4.69, 9.17) is 4.52 Å². The highest BCUT2D eigenvalue weighted by Gasteiger charge is 2.31. The Labute approximate surface area is 111 Å². The van der Waals surface area contributed by atoms with E-state index >= 15 is 0 Å². The maximum absolute atomic E-state index is 12.1. The summed E-state index contributed by atoms with van der Waals surface area (Å²) < 4.78 is 44.7. The molecule has 0 saturated heterocycles. The van der Waals surface area contributed by atoms with Gasteiger partial charge in [0.25, 0.3) is 5.91 Å². The average Bonchev–Trinajstić information content (AvgIpc) is 2.87. The molecule has 0 radical (unpaired) electrons. The van der Waals surface area contributed by atoms with Gasteiger partial charge in [0.15, 0.2) is 5.76 Å². The summed E-state index contributed by atoms with van der Waals surface area (Å²) in [6.45, 7) is 0.0865. The summed E-state index contributed by atoms with van der Waals surface area (Å²) in [5, 5.41) is 5.94. The number of carbonyl (C=O) groups excluding carboxylic acids is 1. The molecule has 8 heteroatoms. The number of alkyl halides is 3. The van der Waals surface area contributed by atoms with Crippen molar-refractivity contribution in [3.05, 3.63) is 47.9 Å². The second kappa shape index (κ2) is 5.64. The van der Waals surface area contributed by atoms with Crippen LogP contribution >= 0.6 is 0 Å². The molecule has 0 unspecified atom stereocenters. The van der Waals surface area contributed by atoms with Crippen LogP contribution in [0, 0.1) is 0 Å². The van der Waals surface area contributed by atoms with Crippen molar-refractivity contribution in [3.8, 4) is 5.75 Å². The van der Waals surface area contributed by atoms with Gasteiger partial charge < -0.3 is 14.6 Å². The molecule has 0 aliphatic heterocycles. The van der Waals surface area contributed by atoms with Crippen molar-refractivity contribution in [3.63, 3.8) is 0 Å². The molecule has 1 heterocycles. The maximum atomic E-state index is 12.1. The predicted molar refractivity (Wildman–Crippen MR) is 60.8 cm³/mol. The summed E-state index contributed by atoms with van der Waals surface area (Å²) in [7, 11) is 0. The molecule has 106 valence electrons. The summed E-state index contributed by atoms with van der Waals surface area (Å²) in [6, 6.07) is 6.34. The maximum Gasteiger partial charge on any atom is 0.573 e. The number of hydrogen-bond donors (Lipinski definition) is 1. The number of amides is 1. The monoisotopic (exact) mass is 286 g/mol. The van der Waals surface area contributed by atoms with E-state index in [1.807, 2.05) is 0 Å². The molecular weight excluding hydrogens is 277 g/mol. The predicted octanol–water partition coefficient (Wildman–Crippen LogP) is 2.50. The number of rotatable bonds is 4. The third-order valence-corrected chi connectivity index (χ3v) is 2.24. The van der Waals surface area contributed by atoms with Crippen molar-refractivity contribution in [2.24, 2.45) is 0 Å². The highest BCUT2D eigenvalue weighted by Crippen LogP contribution is 2.23. The Morgan fingerprint density at radius 1 is 1.35 bits per heavy atom. The van der Waals surface area contributed by atoms with Gasteiger partial charge in [0.2, 0.25) is 0 Å². The fourth-order valence-electron chi connectivity index (χ4n) is 1.44. The van der Waals surface area contributed by atoms with E-state index in [2.05, 4.69) is 15.2 Å². The van der Waals surface area contributed by atoms with E-state index in [1.165, 1.54) is 18.3 Å². The Morgan fingerprint density at radius 3 is 2.80 bits per heavy atom. The molecule has 1 N–H and O–H groups in total. The van der Waals surface area contributed by atoms with Crippen molar-refractivity contribution in [1.82, 2.24) is 10.5 Å². The van der Waals surface area contributed by atoms with Crippen LogP contribution in [0.15, 0.2) is 41.1 Å². The normalized spacial score (nSPS) is 11.2. The number of nitrogens with one attached hydrogen (secondary N) is 1. The summed E-state index contributed by atoms with van der Waals surface area (Å²) in [6.07, 6.45) is -3.38. The van der Waals surface area contributed by atoms with Gasteiger partial charge in [-0.05, 0) is 18.2 Å². The van der Waals surface area contributed by atoms with Crippen molar-refractivity contribution < 1.29 is 27.2 Å². The Morgan fingerprint density at radius 2 is 2.15 bits per heavy atom. The highest BCUT2D eigenvalue weighted by molar-refractivity contribution is 5.94. The number of ether oxygens (including phenoxy) is 1. The smallest absolute Gasteiger partial charge is 0.406 e. The molecule has 0 bridgehead atoms. The number of benzene rings is 1. The molecule has 1 amide bonds. The first-order chi connectivity index (χ1) is 9.44. The Kier molecular flexibility index (Phi) is 3.92. The molecule has 1 aromatic heterocycles. The van der Waals surface area contributed by atoms with Gasteiger partial charge in [-0.15, -0.1) is 13.2 Å². The molecule has 0 saturated carbocycles. The minimum absolute atomic E-state index is 0.0475. The second-order valence-corrected chi connectivity index (χ2v) is 3.74. The summed E-state index contributed by atoms with van der Waals surface area (Å²) in [5.74, 6) is -0.570. The van der Waals surface area contributed by atoms with Gasteiger partial charge in [-0.25, -0.2) is 0 Å². The van der Waals surface area contributed by atoms with E-state index < -0.39 is 18.0 Å². The van der Waals surface area contributed by atoms with Crippen molar-refractivity contribution in [2.45, 2.75) is 12.9 Å². The van der Waals surface area contributed by atoms with Crippen LogP contribution in [0.4, 0.5) is 13.2 Å². The molecule has 2 aromatic rings. The quantitative estimate of drug-likeness (QED) is 0.938. The molecule has 0 atom stereocenters. The Balaban J connectivity index is 2.01. The fourth-order valence-corrected chi connectivity index (χ4v) is 1.44. The Hall–Kier alpha value is -2.51. The first kappa shape index (κ1) is 13.9. The SMILES string of the molecule is O=C(NCc1ccno1)c1cccc(OC(F)(F)F)c1. The van der Waals surface area contributed by atoms with E-state index in [0.29, 0.717) is 5.76 Å². The largest absolute Gasteiger partial charge is 0.573 e. The lowest BCUT2D eigenvalue weighted by atomic mass is 10.2. The Bertz CT molecular complexity index is 582. The van der Waals surface area contributed by atoms with E-state index in [0.717, 1.165) is 12.1 Å². The van der Waals surface area contributed by atoms with Crippen LogP contribution in [0.5, 0.6) is 5.75 Å². The lowest BCUT2D eigenvalue weighted by Gasteiger charge is -2.09. The van der Waals surface area contributed by atoms with Crippen LogP contribution < -0.4 is 10.1 Å². The van der Waals surface area contributed by atoms with Gasteiger partial charge in [-0.2, -0.15) is 0 Å². The topological polar surface area (TPSA) is 64.4 Å². The zero-order chi connectivity index (χ0) is 14.6. The number of halogens is 3. The molecule has 2 rings (SSSR count). The van der Waals surface area contributed by atoms with E-state index in [9.17, 15) is 18.0 Å². The number of aromatic nitrogens is 1. The van der Waals surface area contributed by atoms with Crippen LogP contribution in [0.3, 0.4) is 0 Å². The first-order valence-corrected chi connectivity index (χ1v) is 5.47. The molecule has 0 aliphatic rings. The highest BCUT2D eigenvalue weighted by atomic mass is 19.4. The third-order valence-electron chi connectivity index (χ3n) is 2.24. The molecular formula is C12H9F3N2O3. The molecule has 5 nitrogen and oxygen atoms in total. The van der Waals surface area contributed by atoms with Crippen molar-refractivity contribution >= 4 is 5.91 Å². The minimum atomic E-state index is -4.80. The van der Waals surface area contributed by atoms with Gasteiger partial charge in [-0.3, -0.25) is 4.79 Å². The minimum Gasteiger partial charge on any atom is -0.406 e. The van der Waals surface area contributed by atoms with Crippen molar-refractivity contribution in [2.75, 3.05) is 0 Å². The summed E-state index contributed by atoms with van der Waals surface area (Å²) in [4.78, 5) is 11.7. The zero-order valence-corrected chi connectivity index (χ0v) is 9.98. The third kappa shape index (κ3) is 4.01. The van der Waals surface area contributed by atoms with Gasteiger partial charge in [0.1, 0.15) is 5.75 Å². The van der Waals surface area contributed by atoms with Crippen molar-refractivity contribution in [1.29, 1.82) is 0 Å². The zero-order valence-electron chi connectivity index (χ0n) is 9.98. The lowest BCUT2D eigenvalue weighted by molar-refractivity contribution is -0.274. The molecule has 0 spiro atoms. The molecule has 20 heavy (non-hydrogen) atoms. The van der Waals surface area contributed by atoms with Gasteiger partial charge in [-0.1, -0.05) is 11.2 Å². The standard InChI is InChI=1S/C12H9F3N2O3/c13-12(14,15)19-9-3-1-2-8(6-9)11(18)16-7-10-4-5-17-20-10/h1-6H,7H2,(H,16,18). The average molecular weight is 286 g/mol. The van der Waals surface area contributed by atoms with Gasteiger partial charge in [0.05, 0.1) is 12.7 Å². The summed E-state index contributed by atoms with van der Waals surface area (Å²) in [5.41, 5.74) is 0.0475. The second-order valence-electron chi connectivity index (χ2n) is 3.74. The molecule has 0 aliphatic carbocycles. The lowest BCUT2D eigenvalue weighted by Crippen LogP contribution is -2.23. The number of nitrogens with zero attached hydrogens (tertiary/aromatic N) is 1.